The van der Waals surface area contributed by atoms with Gasteiger partial charge in [0, 0.05) is 19.7 Å². The molecule has 0 aromatic heterocycles. The largest absolute Gasteiger partial charge is 0.397 e. The van der Waals surface area contributed by atoms with Crippen LogP contribution in [-0.4, -0.2) is 33.0 Å². The first kappa shape index (κ1) is 13.2. The van der Waals surface area contributed by atoms with Crippen LogP contribution >= 0.6 is 0 Å². The van der Waals surface area contributed by atoms with Crippen LogP contribution in [0, 0.1) is 0 Å². The summed E-state index contributed by atoms with van der Waals surface area (Å²) in [4.78, 5) is 12.7. The number of hydrogen-bond acceptors (Lipinski definition) is 3. The average molecular weight is 243 g/mol. The first-order chi connectivity index (χ1) is 7.95. The Labute approximate surface area is 98.4 Å². The zero-order chi connectivity index (χ0) is 13.0. The molecule has 0 fully saturated rings. The van der Waals surface area contributed by atoms with Gasteiger partial charge in [-0.1, -0.05) is 0 Å². The van der Waals surface area contributed by atoms with Crippen LogP contribution in [-0.2, 0) is 0 Å². The number of nitrogens with two attached hydrogens (primary N) is 1. The minimum absolute atomic E-state index is 0.264. The molecular weight excluding hydrogens is 228 g/mol. The molecule has 0 aliphatic rings. The molecule has 1 amide bonds. The van der Waals surface area contributed by atoms with Crippen molar-refractivity contribution in [3.8, 4) is 0 Å². The fourth-order valence-electron chi connectivity index (χ4n) is 1.49. The highest BCUT2D eigenvalue weighted by atomic mass is 19.3. The Hall–Kier alpha value is -1.85. The van der Waals surface area contributed by atoms with Crippen LogP contribution in [0.2, 0.25) is 0 Å². The summed E-state index contributed by atoms with van der Waals surface area (Å²) < 4.78 is 24.4. The van der Waals surface area contributed by atoms with Crippen molar-refractivity contribution in [1.82, 2.24) is 5.32 Å². The Morgan fingerprint density at radius 1 is 1.53 bits per heavy atom. The topological polar surface area (TPSA) is 58.4 Å². The second-order valence-electron chi connectivity index (χ2n) is 3.62. The molecule has 94 valence electrons. The maximum atomic E-state index is 12.2. The van der Waals surface area contributed by atoms with Crippen LogP contribution in [0.25, 0.3) is 0 Å². The standard InChI is InChI=1S/C11H15F2N3O/c1-15-11(17)7-3-4-9(8(14)5-7)16(2)6-10(12)13/h3-5,10H,6,14H2,1-2H3,(H,15,17). The highest BCUT2D eigenvalue weighted by molar-refractivity contribution is 5.95. The number of halogens is 2. The van der Waals surface area contributed by atoms with E-state index in [2.05, 4.69) is 5.32 Å². The van der Waals surface area contributed by atoms with Crippen molar-refractivity contribution < 1.29 is 13.6 Å². The average Bonchev–Trinajstić information content (AvgIpc) is 2.26. The number of nitrogens with one attached hydrogen (secondary N) is 1. The van der Waals surface area contributed by atoms with Crippen molar-refractivity contribution >= 4 is 17.3 Å². The summed E-state index contributed by atoms with van der Waals surface area (Å²) in [5.41, 5.74) is 6.91. The number of anilines is 2. The van der Waals surface area contributed by atoms with Crippen LogP contribution in [0.3, 0.4) is 0 Å². The number of carbonyl (C=O) groups is 1. The van der Waals surface area contributed by atoms with E-state index in [4.69, 9.17) is 5.73 Å². The van der Waals surface area contributed by atoms with Gasteiger partial charge in [-0.2, -0.15) is 0 Å². The Kier molecular flexibility index (Phi) is 4.25. The lowest BCUT2D eigenvalue weighted by Crippen LogP contribution is -2.25. The predicted octanol–water partition coefficient (Wildman–Crippen LogP) is 1.33. The molecule has 4 nitrogen and oxygen atoms in total. The molecule has 1 aromatic carbocycles. The van der Waals surface area contributed by atoms with E-state index in [9.17, 15) is 13.6 Å². The van der Waals surface area contributed by atoms with Crippen LogP contribution in [0.4, 0.5) is 20.2 Å². The summed E-state index contributed by atoms with van der Waals surface area (Å²) in [7, 11) is 3.03. The fourth-order valence-corrected chi connectivity index (χ4v) is 1.49. The van der Waals surface area contributed by atoms with E-state index in [1.165, 1.54) is 25.1 Å². The van der Waals surface area contributed by atoms with Crippen molar-refractivity contribution in [1.29, 1.82) is 0 Å². The Morgan fingerprint density at radius 3 is 2.65 bits per heavy atom. The molecule has 1 aromatic rings. The van der Waals surface area contributed by atoms with Crippen LogP contribution < -0.4 is 16.0 Å². The van der Waals surface area contributed by atoms with E-state index < -0.39 is 13.0 Å². The van der Waals surface area contributed by atoms with E-state index in [1.807, 2.05) is 0 Å². The van der Waals surface area contributed by atoms with E-state index in [1.54, 1.807) is 12.1 Å². The van der Waals surface area contributed by atoms with Crippen LogP contribution in [0.5, 0.6) is 0 Å². The van der Waals surface area contributed by atoms with Crippen LogP contribution in [0.1, 0.15) is 10.4 Å². The maximum Gasteiger partial charge on any atom is 0.255 e. The first-order valence-corrected chi connectivity index (χ1v) is 5.06. The van der Waals surface area contributed by atoms with Gasteiger partial charge in [0.2, 0.25) is 0 Å². The van der Waals surface area contributed by atoms with Gasteiger partial charge in [-0.25, -0.2) is 8.78 Å². The van der Waals surface area contributed by atoms with Gasteiger partial charge in [0.05, 0.1) is 17.9 Å². The summed E-state index contributed by atoms with van der Waals surface area (Å²) in [5, 5.41) is 2.46. The molecule has 1 rings (SSSR count). The minimum Gasteiger partial charge on any atom is -0.397 e. The zero-order valence-electron chi connectivity index (χ0n) is 9.71. The summed E-state index contributed by atoms with van der Waals surface area (Å²) >= 11 is 0. The molecule has 6 heteroatoms. The number of nitrogen functional groups attached to an aromatic ring is 1. The molecule has 0 unspecified atom stereocenters. The molecule has 0 radical (unpaired) electrons. The van der Waals surface area contributed by atoms with Gasteiger partial charge < -0.3 is 16.0 Å². The van der Waals surface area contributed by atoms with E-state index in [0.29, 0.717) is 16.9 Å². The SMILES string of the molecule is CNC(=O)c1ccc(N(C)CC(F)F)c(N)c1. The summed E-state index contributed by atoms with van der Waals surface area (Å²) in [6.07, 6.45) is -2.43. The molecule has 0 spiro atoms. The van der Waals surface area contributed by atoms with Gasteiger partial charge in [0.1, 0.15) is 0 Å². The predicted molar refractivity (Wildman–Crippen MR) is 63.5 cm³/mol. The normalized spacial score (nSPS) is 10.4. The number of benzene rings is 1. The fraction of sp³-hybridized carbons (Fsp3) is 0.364. The Balaban J connectivity index is 2.93. The molecule has 3 N–H and O–H groups in total. The lowest BCUT2D eigenvalue weighted by molar-refractivity contribution is 0.0963. The summed E-state index contributed by atoms with van der Waals surface area (Å²) in [6.45, 7) is -0.399. The molecule has 0 aliphatic carbocycles. The highest BCUT2D eigenvalue weighted by Crippen LogP contribution is 2.23. The summed E-state index contributed by atoms with van der Waals surface area (Å²) in [6, 6.07) is 4.57. The maximum absolute atomic E-state index is 12.2. The van der Waals surface area contributed by atoms with Gasteiger partial charge >= 0.3 is 0 Å². The van der Waals surface area contributed by atoms with Crippen molar-refractivity contribution in [3.63, 3.8) is 0 Å². The van der Waals surface area contributed by atoms with Gasteiger partial charge in [-0.3, -0.25) is 4.79 Å². The number of hydrogen-bond donors (Lipinski definition) is 2. The smallest absolute Gasteiger partial charge is 0.255 e. The van der Waals surface area contributed by atoms with Crippen molar-refractivity contribution in [2.45, 2.75) is 6.43 Å². The molecule has 0 atom stereocenters. The lowest BCUT2D eigenvalue weighted by atomic mass is 10.1. The molecule has 0 saturated heterocycles. The number of amides is 1. The second-order valence-corrected chi connectivity index (χ2v) is 3.62. The van der Waals surface area contributed by atoms with E-state index in [-0.39, 0.29) is 5.91 Å². The van der Waals surface area contributed by atoms with Gasteiger partial charge in [0.15, 0.2) is 0 Å². The third-order valence-corrected chi connectivity index (χ3v) is 2.34. The zero-order valence-corrected chi connectivity index (χ0v) is 9.71. The van der Waals surface area contributed by atoms with E-state index in [0.717, 1.165) is 0 Å². The first-order valence-electron chi connectivity index (χ1n) is 5.06. The molecule has 0 aliphatic heterocycles. The number of nitrogens with zero attached hydrogens (tertiary/aromatic N) is 1. The monoisotopic (exact) mass is 243 g/mol. The van der Waals surface area contributed by atoms with E-state index >= 15 is 0 Å². The Bertz CT molecular complexity index is 410. The molecule has 17 heavy (non-hydrogen) atoms. The molecule has 0 bridgehead atoms. The molecule has 0 saturated carbocycles. The lowest BCUT2D eigenvalue weighted by Gasteiger charge is -2.20. The van der Waals surface area contributed by atoms with Gasteiger partial charge in [0.25, 0.3) is 12.3 Å². The second kappa shape index (κ2) is 5.47. The van der Waals surface area contributed by atoms with Crippen molar-refractivity contribution in [2.24, 2.45) is 0 Å². The van der Waals surface area contributed by atoms with Crippen molar-refractivity contribution in [2.75, 3.05) is 31.3 Å². The molecular formula is C11H15F2N3O. The Morgan fingerprint density at radius 2 is 2.18 bits per heavy atom. The third-order valence-electron chi connectivity index (χ3n) is 2.34. The molecule has 0 heterocycles. The third kappa shape index (κ3) is 3.30. The number of rotatable bonds is 4. The summed E-state index contributed by atoms with van der Waals surface area (Å²) in [5.74, 6) is -0.264. The number of carbonyl (C=O) groups excluding carboxylic acids is 1. The van der Waals surface area contributed by atoms with Crippen LogP contribution in [0.15, 0.2) is 18.2 Å². The van der Waals surface area contributed by atoms with Gasteiger partial charge in [-0.05, 0) is 18.2 Å². The van der Waals surface area contributed by atoms with Gasteiger partial charge in [-0.15, -0.1) is 0 Å². The van der Waals surface area contributed by atoms with Crippen molar-refractivity contribution in [3.05, 3.63) is 23.8 Å². The quantitative estimate of drug-likeness (QED) is 0.784. The number of alkyl halides is 2. The highest BCUT2D eigenvalue weighted by Gasteiger charge is 2.12. The minimum atomic E-state index is -2.43.